The second-order valence-corrected chi connectivity index (χ2v) is 6.66. The number of hydrogen-bond donors (Lipinski definition) is 1. The Hall–Kier alpha value is -0.970. The normalized spacial score (nSPS) is 24.9. The molecule has 1 aromatic carbocycles. The van der Waals surface area contributed by atoms with Crippen molar-refractivity contribution >= 4 is 0 Å². The summed E-state index contributed by atoms with van der Waals surface area (Å²) < 4.78 is 13.9. The van der Waals surface area contributed by atoms with Gasteiger partial charge in [-0.25, -0.2) is 4.39 Å². The number of piperazine rings is 1. The Morgan fingerprint density at radius 2 is 1.91 bits per heavy atom. The van der Waals surface area contributed by atoms with Gasteiger partial charge in [-0.15, -0.1) is 0 Å². The molecule has 0 amide bonds. The van der Waals surface area contributed by atoms with E-state index in [0.29, 0.717) is 12.6 Å². The monoisotopic (exact) mass is 306 g/mol. The molecule has 1 aromatic rings. The van der Waals surface area contributed by atoms with Crippen molar-refractivity contribution in [1.29, 1.82) is 0 Å². The van der Waals surface area contributed by atoms with Crippen molar-refractivity contribution in [1.82, 2.24) is 9.80 Å². The molecule has 1 aliphatic carbocycles. The third kappa shape index (κ3) is 3.67. The highest BCUT2D eigenvalue weighted by Gasteiger charge is 2.31. The molecule has 0 spiro atoms. The predicted molar refractivity (Wildman–Crippen MR) is 86.1 cm³/mol. The average Bonchev–Trinajstić information content (AvgIpc) is 3.06. The molecule has 4 heteroatoms. The van der Waals surface area contributed by atoms with Gasteiger partial charge in [-0.3, -0.25) is 9.80 Å². The van der Waals surface area contributed by atoms with E-state index in [4.69, 9.17) is 0 Å². The number of aliphatic hydroxyl groups is 1. The second kappa shape index (κ2) is 7.53. The smallest absolute Gasteiger partial charge is 0.127 e. The third-order valence-electron chi connectivity index (χ3n) is 5.27. The fraction of sp³-hybridized carbons (Fsp3) is 0.667. The molecule has 1 saturated heterocycles. The minimum Gasteiger partial charge on any atom is -0.396 e. The Morgan fingerprint density at radius 3 is 2.64 bits per heavy atom. The Bertz CT molecular complexity index is 476. The summed E-state index contributed by atoms with van der Waals surface area (Å²) in [5.74, 6) is -0.122. The standard InChI is InChI=1S/C18H27FN2O/c19-18-8-4-1-5-15(18)13-20-10-11-21(14-17(20)9-12-22)16-6-2-3-7-16/h1,4-5,8,16-17,22H,2-3,6-7,9-14H2/t17-/m1/s1. The number of rotatable bonds is 5. The van der Waals surface area contributed by atoms with Crippen LogP contribution in [0.25, 0.3) is 0 Å². The summed E-state index contributed by atoms with van der Waals surface area (Å²) in [4.78, 5) is 4.95. The molecule has 1 heterocycles. The van der Waals surface area contributed by atoms with E-state index in [9.17, 15) is 9.50 Å². The minimum atomic E-state index is -0.122. The zero-order chi connectivity index (χ0) is 15.4. The average molecular weight is 306 g/mol. The van der Waals surface area contributed by atoms with Crippen LogP contribution < -0.4 is 0 Å². The van der Waals surface area contributed by atoms with E-state index < -0.39 is 0 Å². The third-order valence-corrected chi connectivity index (χ3v) is 5.27. The summed E-state index contributed by atoms with van der Waals surface area (Å²) in [7, 11) is 0. The van der Waals surface area contributed by atoms with Gasteiger partial charge < -0.3 is 5.11 Å². The van der Waals surface area contributed by atoms with Gasteiger partial charge in [0, 0.05) is 50.4 Å². The molecule has 0 aromatic heterocycles. The summed E-state index contributed by atoms with van der Waals surface area (Å²) in [5, 5.41) is 9.39. The molecule has 0 unspecified atom stereocenters. The molecule has 2 fully saturated rings. The van der Waals surface area contributed by atoms with E-state index in [2.05, 4.69) is 9.80 Å². The Balaban J connectivity index is 1.65. The van der Waals surface area contributed by atoms with E-state index in [1.165, 1.54) is 31.7 Å². The van der Waals surface area contributed by atoms with E-state index in [1.54, 1.807) is 6.07 Å². The summed E-state index contributed by atoms with van der Waals surface area (Å²) >= 11 is 0. The number of hydrogen-bond acceptors (Lipinski definition) is 3. The minimum absolute atomic E-state index is 0.122. The van der Waals surface area contributed by atoms with E-state index >= 15 is 0 Å². The molecular formula is C18H27FN2O. The quantitative estimate of drug-likeness (QED) is 0.906. The van der Waals surface area contributed by atoms with Gasteiger partial charge in [0.1, 0.15) is 5.82 Å². The van der Waals surface area contributed by atoms with Gasteiger partial charge in [0.25, 0.3) is 0 Å². The van der Waals surface area contributed by atoms with E-state index in [-0.39, 0.29) is 12.4 Å². The van der Waals surface area contributed by atoms with Crippen LogP contribution in [0.1, 0.15) is 37.7 Å². The molecule has 1 N–H and O–H groups in total. The van der Waals surface area contributed by atoms with Crippen molar-refractivity contribution in [2.45, 2.75) is 50.7 Å². The lowest BCUT2D eigenvalue weighted by Crippen LogP contribution is -2.55. The molecule has 1 atom stereocenters. The highest BCUT2D eigenvalue weighted by atomic mass is 19.1. The maximum atomic E-state index is 13.9. The molecule has 2 aliphatic rings. The second-order valence-electron chi connectivity index (χ2n) is 6.66. The summed E-state index contributed by atoms with van der Waals surface area (Å²) in [6.45, 7) is 3.91. The van der Waals surface area contributed by atoms with Crippen LogP contribution >= 0.6 is 0 Å². The summed E-state index contributed by atoms with van der Waals surface area (Å²) in [5.41, 5.74) is 0.764. The number of benzene rings is 1. The molecule has 122 valence electrons. The van der Waals surface area contributed by atoms with Crippen molar-refractivity contribution in [3.8, 4) is 0 Å². The van der Waals surface area contributed by atoms with Crippen molar-refractivity contribution in [2.24, 2.45) is 0 Å². The Kier molecular flexibility index (Phi) is 5.45. The fourth-order valence-corrected chi connectivity index (χ4v) is 3.99. The van der Waals surface area contributed by atoms with Crippen LogP contribution in [-0.2, 0) is 6.54 Å². The van der Waals surface area contributed by atoms with E-state index in [1.807, 2.05) is 12.1 Å². The molecule has 0 radical (unpaired) electrons. The maximum Gasteiger partial charge on any atom is 0.127 e. The van der Waals surface area contributed by atoms with Gasteiger partial charge >= 0.3 is 0 Å². The summed E-state index contributed by atoms with van der Waals surface area (Å²) in [6.07, 6.45) is 6.12. The van der Waals surface area contributed by atoms with Crippen LogP contribution in [0.2, 0.25) is 0 Å². The Morgan fingerprint density at radius 1 is 1.14 bits per heavy atom. The maximum absolute atomic E-state index is 13.9. The molecule has 1 saturated carbocycles. The molecule has 0 bridgehead atoms. The van der Waals surface area contributed by atoms with Crippen molar-refractivity contribution in [2.75, 3.05) is 26.2 Å². The van der Waals surface area contributed by atoms with Crippen LogP contribution in [-0.4, -0.2) is 53.2 Å². The largest absolute Gasteiger partial charge is 0.396 e. The first-order chi connectivity index (χ1) is 10.8. The van der Waals surface area contributed by atoms with Crippen molar-refractivity contribution in [3.05, 3.63) is 35.6 Å². The molecule has 1 aliphatic heterocycles. The molecule has 3 nitrogen and oxygen atoms in total. The highest BCUT2D eigenvalue weighted by Crippen LogP contribution is 2.27. The van der Waals surface area contributed by atoms with Gasteiger partial charge in [-0.1, -0.05) is 31.0 Å². The number of nitrogens with zero attached hydrogens (tertiary/aromatic N) is 2. The number of aliphatic hydroxyl groups excluding tert-OH is 1. The van der Waals surface area contributed by atoms with Gasteiger partial charge in [-0.2, -0.15) is 0 Å². The first-order valence-electron chi connectivity index (χ1n) is 8.60. The van der Waals surface area contributed by atoms with Gasteiger partial charge in [0.05, 0.1) is 0 Å². The van der Waals surface area contributed by atoms with Gasteiger partial charge in [-0.05, 0) is 25.3 Å². The van der Waals surface area contributed by atoms with Gasteiger partial charge in [0.2, 0.25) is 0 Å². The van der Waals surface area contributed by atoms with Crippen LogP contribution in [0.5, 0.6) is 0 Å². The Labute approximate surface area is 132 Å². The SMILES string of the molecule is OCC[C@@H]1CN(C2CCCC2)CCN1Cc1ccccc1F. The lowest BCUT2D eigenvalue weighted by Gasteiger charge is -2.44. The first kappa shape index (κ1) is 15.9. The zero-order valence-corrected chi connectivity index (χ0v) is 13.3. The van der Waals surface area contributed by atoms with Crippen molar-refractivity contribution in [3.63, 3.8) is 0 Å². The van der Waals surface area contributed by atoms with Crippen LogP contribution in [0.4, 0.5) is 4.39 Å². The topological polar surface area (TPSA) is 26.7 Å². The van der Waals surface area contributed by atoms with Gasteiger partial charge in [0.15, 0.2) is 0 Å². The van der Waals surface area contributed by atoms with E-state index in [0.717, 1.165) is 37.7 Å². The molecule has 3 rings (SSSR count). The number of halogens is 1. The molecular weight excluding hydrogens is 279 g/mol. The summed E-state index contributed by atoms with van der Waals surface area (Å²) in [6, 6.07) is 8.10. The van der Waals surface area contributed by atoms with Crippen LogP contribution in [0.15, 0.2) is 24.3 Å². The highest BCUT2D eigenvalue weighted by molar-refractivity contribution is 5.17. The fourth-order valence-electron chi connectivity index (χ4n) is 3.99. The lowest BCUT2D eigenvalue weighted by atomic mass is 10.0. The predicted octanol–water partition coefficient (Wildman–Crippen LogP) is 2.64. The molecule has 22 heavy (non-hydrogen) atoms. The lowest BCUT2D eigenvalue weighted by molar-refractivity contribution is 0.0321. The first-order valence-corrected chi connectivity index (χ1v) is 8.60. The van der Waals surface area contributed by atoms with Crippen LogP contribution in [0, 0.1) is 5.82 Å². The van der Waals surface area contributed by atoms with Crippen LogP contribution in [0.3, 0.4) is 0 Å². The van der Waals surface area contributed by atoms with Crippen molar-refractivity contribution < 1.29 is 9.50 Å². The zero-order valence-electron chi connectivity index (χ0n) is 13.3.